The molecule has 0 aliphatic heterocycles. The number of hydrogen-bond donors (Lipinski definition) is 1. The predicted octanol–water partition coefficient (Wildman–Crippen LogP) is 5.14. The summed E-state index contributed by atoms with van der Waals surface area (Å²) in [5.41, 5.74) is 0. The van der Waals surface area contributed by atoms with Crippen molar-refractivity contribution in [3.8, 4) is 5.75 Å². The third-order valence-corrected chi connectivity index (χ3v) is 6.42. The number of ether oxygens (including phenoxy) is 1. The smallest absolute Gasteiger partial charge is 0.391 e. The molecule has 0 bridgehead atoms. The van der Waals surface area contributed by atoms with Gasteiger partial charge in [0.15, 0.2) is 6.61 Å². The number of carbonyl (C=O) groups is 1. The van der Waals surface area contributed by atoms with Gasteiger partial charge < -0.3 is 14.5 Å². The van der Waals surface area contributed by atoms with Crippen LogP contribution in [-0.4, -0.2) is 34.9 Å². The molecule has 6 nitrogen and oxygen atoms in total. The Labute approximate surface area is 186 Å². The molecule has 1 heterocycles. The number of carbonyl (C=O) groups excluding carboxylic acids is 1. The fourth-order valence-corrected chi connectivity index (χ4v) is 4.25. The van der Waals surface area contributed by atoms with Gasteiger partial charge in [-0.2, -0.15) is 13.2 Å². The maximum absolute atomic E-state index is 13.4. The molecule has 32 heavy (non-hydrogen) atoms. The summed E-state index contributed by atoms with van der Waals surface area (Å²) in [6, 6.07) is 3.92. The molecule has 0 saturated heterocycles. The lowest BCUT2D eigenvalue weighted by atomic mass is 9.74. The van der Waals surface area contributed by atoms with Gasteiger partial charge in [0.2, 0.25) is 11.8 Å². The number of hydrogen-bond acceptors (Lipinski definition) is 5. The van der Waals surface area contributed by atoms with E-state index in [1.807, 2.05) is 0 Å². The number of alkyl halides is 3. The Bertz CT molecular complexity index is 954. The number of amides is 1. The number of benzene rings is 1. The molecule has 1 aromatic carbocycles. The van der Waals surface area contributed by atoms with E-state index in [-0.39, 0.29) is 59.9 Å². The molecule has 11 heteroatoms. The number of nitrogens with zero attached hydrogens (tertiary/aromatic N) is 2. The second-order valence-corrected chi connectivity index (χ2v) is 8.77. The lowest BCUT2D eigenvalue weighted by Gasteiger charge is -2.34. The van der Waals surface area contributed by atoms with Gasteiger partial charge in [0.05, 0.1) is 10.9 Å². The number of rotatable bonds is 6. The Morgan fingerprint density at radius 3 is 2.41 bits per heavy atom. The van der Waals surface area contributed by atoms with E-state index in [0.717, 1.165) is 6.07 Å². The van der Waals surface area contributed by atoms with E-state index in [0.29, 0.717) is 31.6 Å². The molecule has 1 aromatic heterocycles. The highest BCUT2D eigenvalue weighted by atomic mass is 35.5. The van der Waals surface area contributed by atoms with Gasteiger partial charge in [-0.05, 0) is 50.7 Å². The average Bonchev–Trinajstić information content (AvgIpc) is 3.17. The minimum Gasteiger partial charge on any atom is -0.484 e. The summed E-state index contributed by atoms with van der Waals surface area (Å²) in [5.74, 6) is -1.57. The highest BCUT2D eigenvalue weighted by Gasteiger charge is 2.49. The van der Waals surface area contributed by atoms with Gasteiger partial charge in [0.25, 0.3) is 5.91 Å². The first kappa shape index (κ1) is 22.8. The van der Waals surface area contributed by atoms with Crippen molar-refractivity contribution >= 4 is 17.5 Å². The van der Waals surface area contributed by atoms with Crippen LogP contribution in [-0.2, 0) is 4.79 Å². The van der Waals surface area contributed by atoms with Crippen LogP contribution in [0.2, 0.25) is 5.02 Å². The zero-order valence-corrected chi connectivity index (χ0v) is 17.8. The van der Waals surface area contributed by atoms with Crippen LogP contribution in [0.25, 0.3) is 0 Å². The van der Waals surface area contributed by atoms with E-state index in [9.17, 15) is 22.4 Å². The van der Waals surface area contributed by atoms with Crippen LogP contribution in [0.5, 0.6) is 5.75 Å². The summed E-state index contributed by atoms with van der Waals surface area (Å²) in [6.07, 6.45) is -1.36. The molecular formula is C21H22ClF4N3O3. The quantitative estimate of drug-likeness (QED) is 0.585. The van der Waals surface area contributed by atoms with Crippen molar-refractivity contribution in [1.29, 1.82) is 0 Å². The van der Waals surface area contributed by atoms with Gasteiger partial charge in [-0.3, -0.25) is 4.79 Å². The fraction of sp³-hybridized carbons (Fsp3) is 0.571. The topological polar surface area (TPSA) is 77.2 Å². The first-order valence-electron chi connectivity index (χ1n) is 10.5. The van der Waals surface area contributed by atoms with Crippen LogP contribution >= 0.6 is 11.6 Å². The Morgan fingerprint density at radius 1 is 1.12 bits per heavy atom. The normalized spacial score (nSPS) is 25.8. The predicted molar refractivity (Wildman–Crippen MR) is 106 cm³/mol. The van der Waals surface area contributed by atoms with E-state index >= 15 is 0 Å². The first-order chi connectivity index (χ1) is 15.2. The van der Waals surface area contributed by atoms with Crippen molar-refractivity contribution in [2.45, 2.75) is 62.6 Å². The lowest BCUT2D eigenvalue weighted by molar-refractivity contribution is -0.198. The van der Waals surface area contributed by atoms with Gasteiger partial charge in [-0.15, -0.1) is 10.2 Å². The third-order valence-electron chi connectivity index (χ3n) is 6.11. The second kappa shape index (κ2) is 9.25. The first-order valence-corrected chi connectivity index (χ1v) is 10.8. The molecule has 1 amide bonds. The SMILES string of the molecule is O=C(COc1ccc(Cl)c(F)c1)NC1CCC(c2nnc(C3CC(C(F)(F)F)C3)o2)CC1. The molecule has 2 fully saturated rings. The maximum atomic E-state index is 13.4. The summed E-state index contributed by atoms with van der Waals surface area (Å²) >= 11 is 5.61. The van der Waals surface area contributed by atoms with E-state index < -0.39 is 17.9 Å². The molecule has 2 aromatic rings. The van der Waals surface area contributed by atoms with E-state index in [2.05, 4.69) is 15.5 Å². The molecule has 2 saturated carbocycles. The van der Waals surface area contributed by atoms with Crippen molar-refractivity contribution in [2.75, 3.05) is 6.61 Å². The Balaban J connectivity index is 1.19. The summed E-state index contributed by atoms with van der Waals surface area (Å²) in [6.45, 7) is -0.242. The Hall–Kier alpha value is -2.36. The Morgan fingerprint density at radius 2 is 1.78 bits per heavy atom. The highest BCUT2D eigenvalue weighted by molar-refractivity contribution is 6.30. The van der Waals surface area contributed by atoms with E-state index in [4.69, 9.17) is 20.8 Å². The average molecular weight is 476 g/mol. The van der Waals surface area contributed by atoms with Gasteiger partial charge >= 0.3 is 6.18 Å². The molecule has 174 valence electrons. The number of aromatic nitrogens is 2. The molecule has 0 atom stereocenters. The van der Waals surface area contributed by atoms with Crippen molar-refractivity contribution < 1.29 is 31.5 Å². The summed E-state index contributed by atoms with van der Waals surface area (Å²) < 4.78 is 62.3. The number of halogens is 5. The molecule has 2 aliphatic rings. The molecule has 0 spiro atoms. The minimum absolute atomic E-state index is 0.00532. The summed E-state index contributed by atoms with van der Waals surface area (Å²) in [4.78, 5) is 12.1. The molecule has 0 radical (unpaired) electrons. The minimum atomic E-state index is -4.17. The monoisotopic (exact) mass is 475 g/mol. The van der Waals surface area contributed by atoms with Crippen LogP contribution in [0.15, 0.2) is 22.6 Å². The van der Waals surface area contributed by atoms with Crippen LogP contribution in [0.3, 0.4) is 0 Å². The van der Waals surface area contributed by atoms with Gasteiger partial charge in [-0.25, -0.2) is 4.39 Å². The zero-order valence-electron chi connectivity index (χ0n) is 17.0. The molecular weight excluding hydrogens is 454 g/mol. The third kappa shape index (κ3) is 5.33. The Kier molecular flexibility index (Phi) is 6.60. The molecule has 2 aliphatic carbocycles. The summed E-state index contributed by atoms with van der Waals surface area (Å²) in [5, 5.41) is 10.9. The highest BCUT2D eigenvalue weighted by Crippen LogP contribution is 2.49. The molecule has 4 rings (SSSR count). The molecule has 0 unspecified atom stereocenters. The van der Waals surface area contributed by atoms with Crippen LogP contribution in [0.1, 0.15) is 62.1 Å². The van der Waals surface area contributed by atoms with E-state index in [1.54, 1.807) is 0 Å². The largest absolute Gasteiger partial charge is 0.484 e. The van der Waals surface area contributed by atoms with Crippen molar-refractivity contribution in [3.63, 3.8) is 0 Å². The van der Waals surface area contributed by atoms with Gasteiger partial charge in [-0.1, -0.05) is 11.6 Å². The molecule has 1 N–H and O–H groups in total. The standard InChI is InChI=1S/C21H22ClF4N3O3/c22-16-6-5-15(9-17(16)23)31-10-18(30)27-14-3-1-11(2-4-14)19-28-29-20(32-19)12-7-13(8-12)21(24,25)26/h5-6,9,11-14H,1-4,7-8,10H2,(H,27,30). The van der Waals surface area contributed by atoms with Crippen molar-refractivity contribution in [1.82, 2.24) is 15.5 Å². The van der Waals surface area contributed by atoms with Crippen molar-refractivity contribution in [2.24, 2.45) is 5.92 Å². The summed E-state index contributed by atoms with van der Waals surface area (Å²) in [7, 11) is 0. The fourth-order valence-electron chi connectivity index (χ4n) is 4.13. The van der Waals surface area contributed by atoms with Crippen LogP contribution in [0.4, 0.5) is 17.6 Å². The maximum Gasteiger partial charge on any atom is 0.391 e. The second-order valence-electron chi connectivity index (χ2n) is 8.37. The van der Waals surface area contributed by atoms with Crippen LogP contribution in [0, 0.1) is 11.7 Å². The van der Waals surface area contributed by atoms with Crippen LogP contribution < -0.4 is 10.1 Å². The van der Waals surface area contributed by atoms with Gasteiger partial charge in [0.1, 0.15) is 11.6 Å². The van der Waals surface area contributed by atoms with E-state index in [1.165, 1.54) is 12.1 Å². The number of nitrogens with one attached hydrogen (secondary N) is 1. The lowest BCUT2D eigenvalue weighted by Crippen LogP contribution is -2.39. The zero-order chi connectivity index (χ0) is 22.9. The van der Waals surface area contributed by atoms with Gasteiger partial charge in [0, 0.05) is 23.9 Å². The van der Waals surface area contributed by atoms with Crippen molar-refractivity contribution in [3.05, 3.63) is 40.8 Å².